The standard InChI is InChI=1S/C66H42N2O/c1-4-20-52-44(15-1)35-40-60-59-27-14-26-53(65(59)69-66(52)60)45-33-38-49(39-34-45)67(62-28-10-9-25-58(62)61-42-47-16-2-3-19-51(47)54-21-5-6-22-55(54)61)48-36-31-43(32-37-48)46-17-13-18-50(41-46)68-63-29-11-7-23-56(63)57-24-8-12-30-64(57)68/h1-42H. The van der Waals surface area contributed by atoms with Crippen molar-refractivity contribution in [3.05, 3.63) is 255 Å². The highest BCUT2D eigenvalue weighted by Gasteiger charge is 2.21. The molecule has 322 valence electrons. The summed E-state index contributed by atoms with van der Waals surface area (Å²) >= 11 is 0. The number of nitrogens with zero attached hydrogens (tertiary/aromatic N) is 2. The lowest BCUT2D eigenvalue weighted by atomic mass is 9.92. The van der Waals surface area contributed by atoms with Crippen LogP contribution < -0.4 is 4.90 Å². The number of fused-ring (bicyclic) bond motifs is 11. The molecule has 0 saturated heterocycles. The van der Waals surface area contributed by atoms with Gasteiger partial charge < -0.3 is 13.9 Å². The molecule has 0 atom stereocenters. The molecule has 3 nitrogen and oxygen atoms in total. The fourth-order valence-electron chi connectivity index (χ4n) is 11.0. The van der Waals surface area contributed by atoms with Crippen LogP contribution in [-0.2, 0) is 0 Å². The van der Waals surface area contributed by atoms with Crippen molar-refractivity contribution in [2.75, 3.05) is 4.90 Å². The second-order valence-electron chi connectivity index (χ2n) is 18.0. The molecule has 3 heteroatoms. The molecule has 0 amide bonds. The first-order chi connectivity index (χ1) is 34.2. The van der Waals surface area contributed by atoms with Crippen LogP contribution in [0.5, 0.6) is 0 Å². The third-order valence-corrected chi connectivity index (χ3v) is 14.2. The predicted octanol–water partition coefficient (Wildman–Crippen LogP) is 18.6. The van der Waals surface area contributed by atoms with Crippen LogP contribution in [0.25, 0.3) is 115 Å². The lowest BCUT2D eigenvalue weighted by Gasteiger charge is -2.28. The number of furan rings is 1. The van der Waals surface area contributed by atoms with Crippen LogP contribution in [0.1, 0.15) is 0 Å². The maximum atomic E-state index is 6.80. The van der Waals surface area contributed by atoms with Crippen LogP contribution in [0.4, 0.5) is 17.1 Å². The number of hydrogen-bond donors (Lipinski definition) is 0. The minimum absolute atomic E-state index is 0.903. The summed E-state index contributed by atoms with van der Waals surface area (Å²) in [4.78, 5) is 2.41. The van der Waals surface area contributed by atoms with Gasteiger partial charge in [-0.2, -0.15) is 0 Å². The normalized spacial score (nSPS) is 11.8. The van der Waals surface area contributed by atoms with E-state index in [1.807, 2.05) is 0 Å². The van der Waals surface area contributed by atoms with E-state index >= 15 is 0 Å². The maximum absolute atomic E-state index is 6.80. The van der Waals surface area contributed by atoms with Gasteiger partial charge in [-0.1, -0.05) is 188 Å². The van der Waals surface area contributed by atoms with E-state index in [1.54, 1.807) is 0 Å². The summed E-state index contributed by atoms with van der Waals surface area (Å²) in [5.41, 5.74) is 15.4. The Morgan fingerprint density at radius 1 is 0.290 bits per heavy atom. The molecule has 2 aromatic heterocycles. The first-order valence-corrected chi connectivity index (χ1v) is 23.7. The number of benzene rings is 12. The minimum atomic E-state index is 0.903. The van der Waals surface area contributed by atoms with Crippen LogP contribution in [0.3, 0.4) is 0 Å². The van der Waals surface area contributed by atoms with Crippen LogP contribution in [0.2, 0.25) is 0 Å². The first kappa shape index (κ1) is 39.0. The van der Waals surface area contributed by atoms with E-state index in [1.165, 1.54) is 54.3 Å². The van der Waals surface area contributed by atoms with Crippen molar-refractivity contribution in [3.63, 3.8) is 0 Å². The summed E-state index contributed by atoms with van der Waals surface area (Å²) in [5, 5.41) is 12.0. The average molecular weight is 879 g/mol. The van der Waals surface area contributed by atoms with Gasteiger partial charge in [-0.25, -0.2) is 0 Å². The monoisotopic (exact) mass is 878 g/mol. The van der Waals surface area contributed by atoms with E-state index in [9.17, 15) is 0 Å². The zero-order valence-electron chi connectivity index (χ0n) is 37.6. The zero-order chi connectivity index (χ0) is 45.4. The summed E-state index contributed by atoms with van der Waals surface area (Å²) in [5.74, 6) is 0. The van der Waals surface area contributed by atoms with Gasteiger partial charge in [0.1, 0.15) is 11.2 Å². The van der Waals surface area contributed by atoms with Gasteiger partial charge in [0.15, 0.2) is 0 Å². The van der Waals surface area contributed by atoms with Crippen LogP contribution in [-0.4, -0.2) is 4.57 Å². The molecule has 69 heavy (non-hydrogen) atoms. The molecule has 2 heterocycles. The SMILES string of the molecule is c1cc(-c2ccc(N(c3ccc(-c4cccc5c4oc4c6ccccc6ccc54)cc3)c3ccccc3-c3cc4ccccc4c4ccccc34)cc2)cc(-n2c3ccccc3c3ccccc32)c1. The van der Waals surface area contributed by atoms with E-state index < -0.39 is 0 Å². The van der Waals surface area contributed by atoms with Crippen molar-refractivity contribution in [1.29, 1.82) is 0 Å². The molecular formula is C66H42N2O. The van der Waals surface area contributed by atoms with Gasteiger partial charge in [0.25, 0.3) is 0 Å². The van der Waals surface area contributed by atoms with E-state index in [2.05, 4.69) is 264 Å². The van der Waals surface area contributed by atoms with Gasteiger partial charge in [0, 0.05) is 55.1 Å². The molecule has 14 aromatic rings. The lowest BCUT2D eigenvalue weighted by molar-refractivity contribution is 0.674. The van der Waals surface area contributed by atoms with Crippen molar-refractivity contribution in [3.8, 4) is 39.1 Å². The maximum Gasteiger partial charge on any atom is 0.143 e. The largest absolute Gasteiger partial charge is 0.455 e. The Morgan fingerprint density at radius 3 is 1.59 bits per heavy atom. The molecule has 0 aliphatic carbocycles. The Kier molecular flexibility index (Phi) is 8.90. The van der Waals surface area contributed by atoms with Crippen LogP contribution in [0.15, 0.2) is 259 Å². The molecule has 0 radical (unpaired) electrons. The highest BCUT2D eigenvalue weighted by molar-refractivity contribution is 6.18. The van der Waals surface area contributed by atoms with Crippen LogP contribution in [0, 0.1) is 0 Å². The quantitative estimate of drug-likeness (QED) is 0.149. The average Bonchev–Trinajstić information content (AvgIpc) is 3.98. The lowest BCUT2D eigenvalue weighted by Crippen LogP contribution is -2.11. The molecule has 0 aliphatic rings. The molecule has 0 spiro atoms. The molecule has 14 rings (SSSR count). The van der Waals surface area contributed by atoms with Crippen molar-refractivity contribution < 1.29 is 4.42 Å². The van der Waals surface area contributed by atoms with Crippen LogP contribution >= 0.6 is 0 Å². The number of rotatable bonds is 7. The Morgan fingerprint density at radius 2 is 0.841 bits per heavy atom. The fraction of sp³-hybridized carbons (Fsp3) is 0. The van der Waals surface area contributed by atoms with Gasteiger partial charge >= 0.3 is 0 Å². The molecule has 0 aliphatic heterocycles. The Balaban J connectivity index is 0.911. The smallest absolute Gasteiger partial charge is 0.143 e. The number of para-hydroxylation sites is 4. The molecule has 0 bridgehead atoms. The van der Waals surface area contributed by atoms with E-state index in [4.69, 9.17) is 4.42 Å². The molecular weight excluding hydrogens is 837 g/mol. The van der Waals surface area contributed by atoms with E-state index in [0.29, 0.717) is 0 Å². The third-order valence-electron chi connectivity index (χ3n) is 14.2. The molecule has 0 N–H and O–H groups in total. The van der Waals surface area contributed by atoms with Crippen molar-refractivity contribution in [1.82, 2.24) is 4.57 Å². The van der Waals surface area contributed by atoms with Gasteiger partial charge in [-0.15, -0.1) is 0 Å². The molecule has 12 aromatic carbocycles. The number of aromatic nitrogens is 1. The molecule has 0 fully saturated rings. The van der Waals surface area contributed by atoms with Gasteiger partial charge in [0.05, 0.1) is 16.7 Å². The van der Waals surface area contributed by atoms with Gasteiger partial charge in [-0.05, 0) is 116 Å². The Bertz CT molecular complexity index is 4260. The third kappa shape index (κ3) is 6.29. The summed E-state index contributed by atoms with van der Waals surface area (Å²) in [7, 11) is 0. The topological polar surface area (TPSA) is 21.3 Å². The number of anilines is 3. The van der Waals surface area contributed by atoms with Crippen molar-refractivity contribution >= 4 is 93.1 Å². The predicted molar refractivity (Wildman–Crippen MR) is 292 cm³/mol. The van der Waals surface area contributed by atoms with Gasteiger partial charge in [-0.3, -0.25) is 0 Å². The Labute approximate surface area is 399 Å². The second-order valence-corrected chi connectivity index (χ2v) is 18.0. The first-order valence-electron chi connectivity index (χ1n) is 23.7. The van der Waals surface area contributed by atoms with Crippen molar-refractivity contribution in [2.45, 2.75) is 0 Å². The van der Waals surface area contributed by atoms with Gasteiger partial charge in [0.2, 0.25) is 0 Å². The highest BCUT2D eigenvalue weighted by Crippen LogP contribution is 2.46. The summed E-state index contributed by atoms with van der Waals surface area (Å²) in [6.45, 7) is 0. The summed E-state index contributed by atoms with van der Waals surface area (Å²) < 4.78 is 9.19. The molecule has 0 unspecified atom stereocenters. The van der Waals surface area contributed by atoms with E-state index in [0.717, 1.165) is 77.9 Å². The Hall–Kier alpha value is -9.18. The second kappa shape index (κ2) is 15.7. The highest BCUT2D eigenvalue weighted by atomic mass is 16.3. The molecule has 0 saturated carbocycles. The van der Waals surface area contributed by atoms with Crippen molar-refractivity contribution in [2.24, 2.45) is 0 Å². The number of hydrogen-bond acceptors (Lipinski definition) is 2. The van der Waals surface area contributed by atoms with E-state index in [-0.39, 0.29) is 0 Å². The zero-order valence-corrected chi connectivity index (χ0v) is 37.6. The minimum Gasteiger partial charge on any atom is -0.455 e. The summed E-state index contributed by atoms with van der Waals surface area (Å²) in [6, 6.07) is 92.5. The summed E-state index contributed by atoms with van der Waals surface area (Å²) in [6.07, 6.45) is 0. The fourth-order valence-corrected chi connectivity index (χ4v) is 11.0.